The van der Waals surface area contributed by atoms with E-state index in [2.05, 4.69) is 20.9 Å². The summed E-state index contributed by atoms with van der Waals surface area (Å²) in [4.78, 5) is 25.0. The quantitative estimate of drug-likeness (QED) is 0.386. The number of rotatable bonds is 8. The van der Waals surface area contributed by atoms with Crippen LogP contribution in [0.1, 0.15) is 5.56 Å². The van der Waals surface area contributed by atoms with Crippen LogP contribution in [-0.4, -0.2) is 61.2 Å². The van der Waals surface area contributed by atoms with Gasteiger partial charge in [0.25, 0.3) is 5.91 Å². The van der Waals surface area contributed by atoms with E-state index in [0.717, 1.165) is 32.7 Å². The molecule has 2 rings (SSSR count). The van der Waals surface area contributed by atoms with Crippen molar-refractivity contribution in [3.8, 4) is 6.07 Å². The Balaban J connectivity index is 1.81. The van der Waals surface area contributed by atoms with Crippen LogP contribution in [0.4, 0.5) is 5.69 Å². The Morgan fingerprint density at radius 1 is 1.27 bits per heavy atom. The lowest BCUT2D eigenvalue weighted by Gasteiger charge is -2.27. The number of carbonyl (C=O) groups is 2. The molecule has 8 heteroatoms. The number of hydrogen-bond acceptors (Lipinski definition) is 6. The maximum atomic E-state index is 12.1. The first-order valence-corrected chi connectivity index (χ1v) is 8.47. The molecule has 1 aromatic rings. The van der Waals surface area contributed by atoms with E-state index in [4.69, 9.17) is 10.4 Å². The normalized spacial score (nSPS) is 15.1. The van der Waals surface area contributed by atoms with E-state index in [-0.39, 0.29) is 12.0 Å². The van der Waals surface area contributed by atoms with E-state index < -0.39 is 11.9 Å². The molecule has 0 spiro atoms. The molecule has 4 N–H and O–H groups in total. The highest BCUT2D eigenvalue weighted by molar-refractivity contribution is 5.97. The van der Waals surface area contributed by atoms with Gasteiger partial charge in [-0.25, -0.2) is 0 Å². The van der Waals surface area contributed by atoms with Crippen molar-refractivity contribution < 1.29 is 14.7 Å². The Hall–Kier alpha value is -2.89. The summed E-state index contributed by atoms with van der Waals surface area (Å²) in [6, 6.07) is 8.65. The number of carboxylic acids is 1. The van der Waals surface area contributed by atoms with Crippen LogP contribution >= 0.6 is 0 Å². The number of carboxylic acid groups (broad SMARTS) is 1. The van der Waals surface area contributed by atoms with Crippen molar-refractivity contribution in [2.45, 2.75) is 6.42 Å². The number of nitrogens with one attached hydrogen (secondary N) is 3. The molecule has 1 amide bonds. The molecule has 26 heavy (non-hydrogen) atoms. The first-order chi connectivity index (χ1) is 12.6. The average Bonchev–Trinajstić information content (AvgIpc) is 2.64. The summed E-state index contributed by atoms with van der Waals surface area (Å²) in [7, 11) is 0. The van der Waals surface area contributed by atoms with Gasteiger partial charge in [0.2, 0.25) is 0 Å². The molecule has 8 nitrogen and oxygen atoms in total. The van der Waals surface area contributed by atoms with Crippen molar-refractivity contribution in [3.63, 3.8) is 0 Å². The number of anilines is 1. The van der Waals surface area contributed by atoms with Crippen LogP contribution in [-0.2, 0) is 16.0 Å². The Kier molecular flexibility index (Phi) is 7.61. The van der Waals surface area contributed by atoms with Gasteiger partial charge in [0.1, 0.15) is 11.6 Å². The summed E-state index contributed by atoms with van der Waals surface area (Å²) >= 11 is 0. The van der Waals surface area contributed by atoms with Crippen LogP contribution < -0.4 is 16.0 Å². The predicted molar refractivity (Wildman–Crippen MR) is 97.4 cm³/mol. The lowest BCUT2D eigenvalue weighted by molar-refractivity contribution is -0.136. The van der Waals surface area contributed by atoms with Crippen LogP contribution in [0.5, 0.6) is 0 Å². The number of amides is 1. The highest BCUT2D eigenvalue weighted by atomic mass is 16.4. The fourth-order valence-corrected chi connectivity index (χ4v) is 2.56. The van der Waals surface area contributed by atoms with E-state index in [9.17, 15) is 9.59 Å². The molecule has 0 saturated carbocycles. The van der Waals surface area contributed by atoms with Gasteiger partial charge in [-0.3, -0.25) is 14.5 Å². The molecule has 0 bridgehead atoms. The minimum absolute atomic E-state index is 0.0140. The van der Waals surface area contributed by atoms with Crippen LogP contribution in [0.3, 0.4) is 0 Å². The van der Waals surface area contributed by atoms with Gasteiger partial charge in [0, 0.05) is 51.2 Å². The summed E-state index contributed by atoms with van der Waals surface area (Å²) in [5.41, 5.74) is 1.33. The minimum atomic E-state index is -0.894. The SMILES string of the molecule is N#C/C(=C/Nc1ccc(CC(=O)O)cc1)C(=O)NCCN1CCNCC1. The maximum Gasteiger partial charge on any atom is 0.307 e. The third kappa shape index (κ3) is 6.55. The van der Waals surface area contributed by atoms with Gasteiger partial charge in [-0.05, 0) is 17.7 Å². The molecule has 0 radical (unpaired) electrons. The van der Waals surface area contributed by atoms with Crippen LogP contribution in [0.15, 0.2) is 36.0 Å². The lowest BCUT2D eigenvalue weighted by Crippen LogP contribution is -2.46. The predicted octanol–water partition coefficient (Wildman–Crippen LogP) is 0.154. The summed E-state index contributed by atoms with van der Waals surface area (Å²) in [6.45, 7) is 5.05. The number of nitrogens with zero attached hydrogens (tertiary/aromatic N) is 2. The molecule has 138 valence electrons. The molecule has 1 fully saturated rings. The van der Waals surface area contributed by atoms with E-state index in [1.165, 1.54) is 6.20 Å². The van der Waals surface area contributed by atoms with Crippen molar-refractivity contribution in [2.24, 2.45) is 0 Å². The molecule has 1 heterocycles. The molecule has 0 atom stereocenters. The van der Waals surface area contributed by atoms with E-state index in [1.807, 2.05) is 6.07 Å². The Morgan fingerprint density at radius 3 is 2.58 bits per heavy atom. The fourth-order valence-electron chi connectivity index (χ4n) is 2.56. The molecular formula is C18H23N5O3. The van der Waals surface area contributed by atoms with Gasteiger partial charge in [-0.1, -0.05) is 12.1 Å². The van der Waals surface area contributed by atoms with Crippen molar-refractivity contribution in [1.29, 1.82) is 5.26 Å². The number of carbonyl (C=O) groups excluding carboxylic acids is 1. The van der Waals surface area contributed by atoms with Crippen molar-refractivity contribution in [1.82, 2.24) is 15.5 Å². The van der Waals surface area contributed by atoms with Crippen molar-refractivity contribution in [2.75, 3.05) is 44.6 Å². The number of piperazine rings is 1. The number of nitriles is 1. The molecule has 1 aromatic carbocycles. The second-order valence-corrected chi connectivity index (χ2v) is 5.93. The number of hydrogen-bond donors (Lipinski definition) is 4. The van der Waals surface area contributed by atoms with E-state index in [0.29, 0.717) is 17.8 Å². The molecule has 1 saturated heterocycles. The zero-order valence-corrected chi connectivity index (χ0v) is 14.5. The summed E-state index contributed by atoms with van der Waals surface area (Å²) in [5.74, 6) is -1.31. The Bertz CT molecular complexity index is 688. The molecule has 0 unspecified atom stereocenters. The fraction of sp³-hybridized carbons (Fsp3) is 0.389. The second-order valence-electron chi connectivity index (χ2n) is 5.93. The highest BCUT2D eigenvalue weighted by Crippen LogP contribution is 2.10. The Labute approximate surface area is 152 Å². The standard InChI is InChI=1S/C18H23N5O3/c19-12-15(18(26)21-7-10-23-8-5-20-6-9-23)13-22-16-3-1-14(2-4-16)11-17(24)25/h1-4,13,20,22H,5-11H2,(H,21,26)(H,24,25)/b15-13-. The van der Waals surface area contributed by atoms with Gasteiger partial charge in [-0.15, -0.1) is 0 Å². The van der Waals surface area contributed by atoms with Crippen LogP contribution in [0.2, 0.25) is 0 Å². The number of benzene rings is 1. The monoisotopic (exact) mass is 357 g/mol. The minimum Gasteiger partial charge on any atom is -0.481 e. The van der Waals surface area contributed by atoms with Crippen molar-refractivity contribution in [3.05, 3.63) is 41.6 Å². The van der Waals surface area contributed by atoms with Gasteiger partial charge in [-0.2, -0.15) is 5.26 Å². The Morgan fingerprint density at radius 2 is 1.96 bits per heavy atom. The number of aliphatic carboxylic acids is 1. The zero-order valence-electron chi connectivity index (χ0n) is 14.5. The third-order valence-electron chi connectivity index (χ3n) is 3.98. The van der Waals surface area contributed by atoms with E-state index >= 15 is 0 Å². The van der Waals surface area contributed by atoms with Gasteiger partial charge >= 0.3 is 5.97 Å². The first kappa shape index (κ1) is 19.4. The highest BCUT2D eigenvalue weighted by Gasteiger charge is 2.11. The summed E-state index contributed by atoms with van der Waals surface area (Å²) in [6.07, 6.45) is 1.31. The zero-order chi connectivity index (χ0) is 18.8. The molecule has 0 aliphatic carbocycles. The van der Waals surface area contributed by atoms with Crippen LogP contribution in [0, 0.1) is 11.3 Å². The van der Waals surface area contributed by atoms with Crippen molar-refractivity contribution >= 4 is 17.6 Å². The van der Waals surface area contributed by atoms with Crippen LogP contribution in [0.25, 0.3) is 0 Å². The average molecular weight is 357 g/mol. The molecule has 1 aliphatic rings. The smallest absolute Gasteiger partial charge is 0.307 e. The van der Waals surface area contributed by atoms with E-state index in [1.54, 1.807) is 24.3 Å². The molecule has 1 aliphatic heterocycles. The summed E-state index contributed by atoms with van der Waals surface area (Å²) < 4.78 is 0. The maximum absolute atomic E-state index is 12.1. The largest absolute Gasteiger partial charge is 0.481 e. The first-order valence-electron chi connectivity index (χ1n) is 8.47. The summed E-state index contributed by atoms with van der Waals surface area (Å²) in [5, 5.41) is 26.8. The lowest BCUT2D eigenvalue weighted by atomic mass is 10.1. The van der Waals surface area contributed by atoms with Gasteiger partial charge in [0.05, 0.1) is 6.42 Å². The second kappa shape index (κ2) is 10.2. The third-order valence-corrected chi connectivity index (χ3v) is 3.98. The molecule has 0 aromatic heterocycles. The van der Waals surface area contributed by atoms with Gasteiger partial charge in [0.15, 0.2) is 0 Å². The van der Waals surface area contributed by atoms with Gasteiger partial charge < -0.3 is 21.1 Å². The molecular weight excluding hydrogens is 334 g/mol. The topological polar surface area (TPSA) is 117 Å².